The summed E-state index contributed by atoms with van der Waals surface area (Å²) in [6.07, 6.45) is -3.52. The number of halogens is 3. The monoisotopic (exact) mass is 247 g/mol. The fraction of sp³-hybridized carbons (Fsp3) is 0.500. The van der Waals surface area contributed by atoms with Gasteiger partial charge in [-0.25, -0.2) is 0 Å². The second-order valence-electron chi connectivity index (χ2n) is 3.78. The summed E-state index contributed by atoms with van der Waals surface area (Å²) in [5.74, 6) is 0. The maximum atomic E-state index is 12.5. The van der Waals surface area contributed by atoms with Crippen molar-refractivity contribution in [3.63, 3.8) is 0 Å². The number of methoxy groups -OCH3 is 1. The smallest absolute Gasteiger partial charge is 0.383 e. The van der Waals surface area contributed by atoms with Gasteiger partial charge in [-0.2, -0.15) is 13.2 Å². The highest BCUT2D eigenvalue weighted by Gasteiger charge is 2.30. The molecule has 0 aromatic heterocycles. The number of hydrogen-bond donors (Lipinski definition) is 1. The lowest BCUT2D eigenvalue weighted by molar-refractivity contribution is -0.137. The van der Waals surface area contributed by atoms with Crippen LogP contribution in [0.25, 0.3) is 0 Å². The molecule has 0 saturated carbocycles. The van der Waals surface area contributed by atoms with Gasteiger partial charge < -0.3 is 10.1 Å². The van der Waals surface area contributed by atoms with Gasteiger partial charge in [-0.15, -0.1) is 0 Å². The third-order valence-corrected chi connectivity index (χ3v) is 2.42. The zero-order chi connectivity index (χ0) is 12.9. The van der Waals surface area contributed by atoms with Crippen LogP contribution in [0.2, 0.25) is 0 Å². The van der Waals surface area contributed by atoms with Crippen LogP contribution in [0.3, 0.4) is 0 Å². The van der Waals surface area contributed by atoms with Gasteiger partial charge in [0.2, 0.25) is 0 Å². The van der Waals surface area contributed by atoms with E-state index in [2.05, 4.69) is 5.32 Å². The van der Waals surface area contributed by atoms with Gasteiger partial charge >= 0.3 is 6.18 Å². The molecule has 0 aliphatic rings. The molecule has 96 valence electrons. The number of nitrogens with one attached hydrogen (secondary N) is 1. The van der Waals surface area contributed by atoms with Crippen molar-refractivity contribution in [2.75, 3.05) is 19.0 Å². The minimum absolute atomic E-state index is 0.0171. The number of hydrogen-bond acceptors (Lipinski definition) is 2. The Labute approximate surface area is 98.8 Å². The third-order valence-electron chi connectivity index (χ3n) is 2.42. The lowest BCUT2D eigenvalue weighted by Crippen LogP contribution is -2.24. The molecule has 0 spiro atoms. The van der Waals surface area contributed by atoms with Crippen molar-refractivity contribution in [2.45, 2.75) is 25.6 Å². The third kappa shape index (κ3) is 4.26. The summed E-state index contributed by atoms with van der Waals surface area (Å²) in [5, 5.41) is 3.02. The zero-order valence-corrected chi connectivity index (χ0v) is 9.84. The normalized spacial score (nSPS) is 13.5. The maximum absolute atomic E-state index is 12.5. The Hall–Kier alpha value is -1.23. The van der Waals surface area contributed by atoms with Crippen LogP contribution in [0.4, 0.5) is 18.9 Å². The minimum Gasteiger partial charge on any atom is -0.383 e. The van der Waals surface area contributed by atoms with Crippen LogP contribution in [0.5, 0.6) is 0 Å². The lowest BCUT2D eigenvalue weighted by Gasteiger charge is -2.18. The van der Waals surface area contributed by atoms with E-state index in [1.165, 1.54) is 6.07 Å². The Morgan fingerprint density at radius 3 is 2.59 bits per heavy atom. The predicted molar refractivity (Wildman–Crippen MR) is 61.0 cm³/mol. The van der Waals surface area contributed by atoms with Crippen LogP contribution in [0.1, 0.15) is 18.9 Å². The second-order valence-corrected chi connectivity index (χ2v) is 3.78. The number of rotatable bonds is 5. The highest BCUT2D eigenvalue weighted by molar-refractivity contribution is 5.47. The molecule has 0 fully saturated rings. The van der Waals surface area contributed by atoms with E-state index in [1.54, 1.807) is 13.2 Å². The first-order valence-electron chi connectivity index (χ1n) is 5.40. The molecule has 0 amide bonds. The molecule has 2 nitrogen and oxygen atoms in total. The number of anilines is 1. The highest BCUT2D eigenvalue weighted by atomic mass is 19.4. The molecule has 1 aromatic carbocycles. The summed E-state index contributed by atoms with van der Waals surface area (Å²) >= 11 is 0. The van der Waals surface area contributed by atoms with E-state index in [0.29, 0.717) is 12.3 Å². The molecule has 0 bridgehead atoms. The molecular formula is C12H16F3NO. The van der Waals surface area contributed by atoms with Gasteiger partial charge in [0.15, 0.2) is 0 Å². The molecule has 0 radical (unpaired) electrons. The average molecular weight is 247 g/mol. The molecule has 0 aliphatic heterocycles. The van der Waals surface area contributed by atoms with Gasteiger partial charge in [0.1, 0.15) is 0 Å². The molecular weight excluding hydrogens is 231 g/mol. The van der Waals surface area contributed by atoms with Gasteiger partial charge in [0, 0.05) is 18.8 Å². The van der Waals surface area contributed by atoms with Gasteiger partial charge in [-0.05, 0) is 24.6 Å². The predicted octanol–water partition coefficient (Wildman–Crippen LogP) is 3.54. The van der Waals surface area contributed by atoms with Gasteiger partial charge in [-0.1, -0.05) is 13.0 Å². The fourth-order valence-corrected chi connectivity index (χ4v) is 1.48. The topological polar surface area (TPSA) is 21.3 Å². The first-order valence-corrected chi connectivity index (χ1v) is 5.40. The SMILES string of the molecule is CCC(COC)Nc1cccc(C(F)(F)F)c1. The molecule has 1 unspecified atom stereocenters. The van der Waals surface area contributed by atoms with Crippen molar-refractivity contribution < 1.29 is 17.9 Å². The summed E-state index contributed by atoms with van der Waals surface area (Å²) < 4.78 is 42.4. The van der Waals surface area contributed by atoms with E-state index in [-0.39, 0.29) is 6.04 Å². The first-order chi connectivity index (χ1) is 7.97. The van der Waals surface area contributed by atoms with Gasteiger partial charge in [0.25, 0.3) is 0 Å². The highest BCUT2D eigenvalue weighted by Crippen LogP contribution is 2.30. The molecule has 1 aromatic rings. The Kier molecular flexibility index (Phi) is 4.81. The minimum atomic E-state index is -4.30. The van der Waals surface area contributed by atoms with Gasteiger partial charge in [0.05, 0.1) is 12.2 Å². The number of benzene rings is 1. The average Bonchev–Trinajstić information content (AvgIpc) is 2.28. The molecule has 0 saturated heterocycles. The van der Waals surface area contributed by atoms with E-state index in [9.17, 15) is 13.2 Å². The summed E-state index contributed by atoms with van der Waals surface area (Å²) in [4.78, 5) is 0. The Bertz CT molecular complexity index is 352. The van der Waals surface area contributed by atoms with E-state index in [1.807, 2.05) is 6.92 Å². The molecule has 5 heteroatoms. The van der Waals surface area contributed by atoms with Crippen molar-refractivity contribution in [3.05, 3.63) is 29.8 Å². The fourth-order valence-electron chi connectivity index (χ4n) is 1.48. The Balaban J connectivity index is 2.78. The summed E-state index contributed by atoms with van der Waals surface area (Å²) in [6.45, 7) is 2.41. The Morgan fingerprint density at radius 2 is 2.06 bits per heavy atom. The molecule has 0 heterocycles. The van der Waals surface area contributed by atoms with Crippen molar-refractivity contribution in [2.24, 2.45) is 0 Å². The Morgan fingerprint density at radius 1 is 1.35 bits per heavy atom. The quantitative estimate of drug-likeness (QED) is 0.859. The first kappa shape index (κ1) is 13.8. The second kappa shape index (κ2) is 5.91. The van der Waals surface area contributed by atoms with Crippen LogP contribution >= 0.6 is 0 Å². The van der Waals surface area contributed by atoms with Crippen LogP contribution < -0.4 is 5.32 Å². The van der Waals surface area contributed by atoms with E-state index in [4.69, 9.17) is 4.74 Å². The van der Waals surface area contributed by atoms with E-state index >= 15 is 0 Å². The molecule has 1 N–H and O–H groups in total. The summed E-state index contributed by atoms with van der Waals surface area (Å²) in [5.41, 5.74) is -0.182. The molecule has 0 aliphatic carbocycles. The number of alkyl halides is 3. The van der Waals surface area contributed by atoms with Gasteiger partial charge in [-0.3, -0.25) is 0 Å². The van der Waals surface area contributed by atoms with Crippen LogP contribution in [-0.4, -0.2) is 19.8 Å². The van der Waals surface area contributed by atoms with Crippen molar-refractivity contribution in [1.29, 1.82) is 0 Å². The maximum Gasteiger partial charge on any atom is 0.416 e. The largest absolute Gasteiger partial charge is 0.416 e. The van der Waals surface area contributed by atoms with Crippen LogP contribution in [0, 0.1) is 0 Å². The van der Waals surface area contributed by atoms with E-state index < -0.39 is 11.7 Å². The standard InChI is InChI=1S/C12H16F3NO/c1-3-10(8-17-2)16-11-6-4-5-9(7-11)12(13,14)15/h4-7,10,16H,3,8H2,1-2H3. The van der Waals surface area contributed by atoms with E-state index in [0.717, 1.165) is 18.6 Å². The molecule has 1 atom stereocenters. The molecule has 1 rings (SSSR count). The lowest BCUT2D eigenvalue weighted by atomic mass is 10.1. The summed E-state index contributed by atoms with van der Waals surface area (Å²) in [7, 11) is 1.57. The van der Waals surface area contributed by atoms with Crippen LogP contribution in [0.15, 0.2) is 24.3 Å². The summed E-state index contributed by atoms with van der Waals surface area (Å²) in [6, 6.07) is 5.20. The molecule has 17 heavy (non-hydrogen) atoms. The van der Waals surface area contributed by atoms with Crippen molar-refractivity contribution >= 4 is 5.69 Å². The van der Waals surface area contributed by atoms with Crippen LogP contribution in [-0.2, 0) is 10.9 Å². The number of ether oxygens (including phenoxy) is 1. The van der Waals surface area contributed by atoms with Crippen molar-refractivity contribution in [3.8, 4) is 0 Å². The van der Waals surface area contributed by atoms with Crippen molar-refractivity contribution in [1.82, 2.24) is 0 Å². The zero-order valence-electron chi connectivity index (χ0n) is 9.84.